The fourth-order valence-corrected chi connectivity index (χ4v) is 3.74. The zero-order valence-electron chi connectivity index (χ0n) is 15.7. The zero-order valence-corrected chi connectivity index (χ0v) is 15.7. The monoisotopic (exact) mass is 354 g/mol. The van der Waals surface area contributed by atoms with Crippen molar-refractivity contribution in [1.29, 1.82) is 0 Å². The first-order valence-corrected chi connectivity index (χ1v) is 9.07. The molecule has 0 spiro atoms. The smallest absolute Gasteiger partial charge is 0.165 e. The van der Waals surface area contributed by atoms with Gasteiger partial charge >= 0.3 is 0 Å². The number of aromatic hydroxyl groups is 2. The van der Waals surface area contributed by atoms with Gasteiger partial charge in [0.05, 0.1) is 0 Å². The summed E-state index contributed by atoms with van der Waals surface area (Å²) in [6.07, 6.45) is 0. The molecule has 4 aromatic rings. The minimum atomic E-state index is -0.0936. The van der Waals surface area contributed by atoms with Gasteiger partial charge in [0.2, 0.25) is 0 Å². The highest BCUT2D eigenvalue weighted by atomic mass is 16.3. The Bertz CT molecular complexity index is 1170. The second kappa shape index (κ2) is 6.48. The molecule has 0 aromatic heterocycles. The van der Waals surface area contributed by atoms with Crippen LogP contribution in [0.5, 0.6) is 11.5 Å². The molecule has 4 aromatic carbocycles. The predicted molar refractivity (Wildman–Crippen MR) is 112 cm³/mol. The number of phenolic OH excluding ortho intramolecular Hbond substituents is 2. The Hall–Kier alpha value is -3.26. The first kappa shape index (κ1) is 17.2. The molecule has 134 valence electrons. The molecule has 0 aliphatic heterocycles. The molecule has 0 radical (unpaired) electrons. The summed E-state index contributed by atoms with van der Waals surface area (Å²) in [6.45, 7) is 6.41. The standard InChI is InChI=1S/C25H22O2/c1-15-4-8-21(16(2)12-15)22-9-5-18(13-17(22)3)19-6-10-23-20(14-19)7-11-24(26)25(23)27/h4-14,26-27H,1-3H3. The van der Waals surface area contributed by atoms with Crippen molar-refractivity contribution in [2.75, 3.05) is 0 Å². The van der Waals surface area contributed by atoms with Crippen LogP contribution in [-0.4, -0.2) is 10.2 Å². The van der Waals surface area contributed by atoms with Gasteiger partial charge in [0.1, 0.15) is 0 Å². The summed E-state index contributed by atoms with van der Waals surface area (Å²) < 4.78 is 0. The maximum atomic E-state index is 10.0. The van der Waals surface area contributed by atoms with E-state index in [9.17, 15) is 10.2 Å². The second-order valence-electron chi connectivity index (χ2n) is 7.22. The Morgan fingerprint density at radius 2 is 1.22 bits per heavy atom. The number of fused-ring (bicyclic) bond motifs is 1. The molecule has 0 aliphatic carbocycles. The predicted octanol–water partition coefficient (Wildman–Crippen LogP) is 6.51. The highest BCUT2D eigenvalue weighted by Crippen LogP contribution is 2.36. The SMILES string of the molecule is Cc1ccc(-c2ccc(-c3ccc4c(O)c(O)ccc4c3)cc2C)c(C)c1. The Labute approximate surface area is 159 Å². The van der Waals surface area contributed by atoms with Gasteiger partial charge in [-0.3, -0.25) is 0 Å². The van der Waals surface area contributed by atoms with Crippen LogP contribution in [0.1, 0.15) is 16.7 Å². The normalized spacial score (nSPS) is 11.1. The first-order chi connectivity index (χ1) is 12.9. The molecule has 2 nitrogen and oxygen atoms in total. The summed E-state index contributed by atoms with van der Waals surface area (Å²) in [6, 6.07) is 22.3. The number of phenols is 2. The molecular formula is C25H22O2. The number of hydrogen-bond donors (Lipinski definition) is 2. The number of rotatable bonds is 2. The third kappa shape index (κ3) is 3.04. The summed E-state index contributed by atoms with van der Waals surface area (Å²) in [5.41, 5.74) is 8.53. The van der Waals surface area contributed by atoms with Crippen LogP contribution in [0.2, 0.25) is 0 Å². The van der Waals surface area contributed by atoms with Gasteiger partial charge in [0.25, 0.3) is 0 Å². The van der Waals surface area contributed by atoms with Crippen molar-refractivity contribution in [2.24, 2.45) is 0 Å². The van der Waals surface area contributed by atoms with Gasteiger partial charge in [-0.15, -0.1) is 0 Å². The molecule has 0 heterocycles. The molecular weight excluding hydrogens is 332 g/mol. The fraction of sp³-hybridized carbons (Fsp3) is 0.120. The average Bonchev–Trinajstić information content (AvgIpc) is 2.65. The van der Waals surface area contributed by atoms with Crippen molar-refractivity contribution in [2.45, 2.75) is 20.8 Å². The van der Waals surface area contributed by atoms with Gasteiger partial charge in [-0.2, -0.15) is 0 Å². The average molecular weight is 354 g/mol. The Kier molecular flexibility index (Phi) is 4.12. The second-order valence-corrected chi connectivity index (χ2v) is 7.22. The van der Waals surface area contributed by atoms with E-state index in [2.05, 4.69) is 57.2 Å². The number of aryl methyl sites for hydroxylation is 3. The molecule has 27 heavy (non-hydrogen) atoms. The number of benzene rings is 4. The molecule has 0 aliphatic rings. The molecule has 0 atom stereocenters. The zero-order chi connectivity index (χ0) is 19.1. The fourth-order valence-electron chi connectivity index (χ4n) is 3.74. The largest absolute Gasteiger partial charge is 0.504 e. The van der Waals surface area contributed by atoms with Gasteiger partial charge in [0.15, 0.2) is 11.5 Å². The van der Waals surface area contributed by atoms with E-state index in [1.807, 2.05) is 24.3 Å². The highest BCUT2D eigenvalue weighted by Gasteiger charge is 2.09. The minimum Gasteiger partial charge on any atom is -0.504 e. The summed E-state index contributed by atoms with van der Waals surface area (Å²) in [5, 5.41) is 21.2. The van der Waals surface area contributed by atoms with E-state index in [1.165, 1.54) is 33.9 Å². The van der Waals surface area contributed by atoms with Crippen LogP contribution in [0.4, 0.5) is 0 Å². The van der Waals surface area contributed by atoms with Crippen LogP contribution in [0.3, 0.4) is 0 Å². The summed E-state index contributed by atoms with van der Waals surface area (Å²) in [4.78, 5) is 0. The van der Waals surface area contributed by atoms with E-state index in [1.54, 1.807) is 0 Å². The van der Waals surface area contributed by atoms with E-state index in [0.29, 0.717) is 5.39 Å². The van der Waals surface area contributed by atoms with Crippen LogP contribution in [0.15, 0.2) is 66.7 Å². The lowest BCUT2D eigenvalue weighted by Crippen LogP contribution is -1.89. The van der Waals surface area contributed by atoms with Gasteiger partial charge in [0, 0.05) is 5.39 Å². The van der Waals surface area contributed by atoms with E-state index in [4.69, 9.17) is 0 Å². The van der Waals surface area contributed by atoms with E-state index < -0.39 is 0 Å². The molecule has 0 bridgehead atoms. The maximum absolute atomic E-state index is 10.0. The first-order valence-electron chi connectivity index (χ1n) is 9.07. The molecule has 2 N–H and O–H groups in total. The van der Waals surface area contributed by atoms with Gasteiger partial charge in [-0.25, -0.2) is 0 Å². The molecule has 0 unspecified atom stereocenters. The molecule has 2 heteroatoms. The van der Waals surface area contributed by atoms with Crippen molar-refractivity contribution >= 4 is 10.8 Å². The lowest BCUT2D eigenvalue weighted by molar-refractivity contribution is 0.408. The van der Waals surface area contributed by atoms with Crippen molar-refractivity contribution in [1.82, 2.24) is 0 Å². The van der Waals surface area contributed by atoms with Crippen molar-refractivity contribution in [3.05, 3.63) is 83.4 Å². The van der Waals surface area contributed by atoms with E-state index in [-0.39, 0.29) is 11.5 Å². The molecule has 4 rings (SSSR count). The van der Waals surface area contributed by atoms with Crippen molar-refractivity contribution in [3.63, 3.8) is 0 Å². The topological polar surface area (TPSA) is 40.5 Å². The maximum Gasteiger partial charge on any atom is 0.165 e. The quantitative estimate of drug-likeness (QED) is 0.403. The third-order valence-electron chi connectivity index (χ3n) is 5.20. The van der Waals surface area contributed by atoms with Gasteiger partial charge < -0.3 is 10.2 Å². The van der Waals surface area contributed by atoms with Crippen LogP contribution in [0.25, 0.3) is 33.0 Å². The van der Waals surface area contributed by atoms with Gasteiger partial charge in [-0.05, 0) is 77.7 Å². The van der Waals surface area contributed by atoms with E-state index in [0.717, 1.165) is 16.5 Å². The minimum absolute atomic E-state index is 0.0691. The number of hydrogen-bond acceptors (Lipinski definition) is 2. The van der Waals surface area contributed by atoms with Crippen LogP contribution in [-0.2, 0) is 0 Å². The molecule has 0 saturated heterocycles. The Morgan fingerprint density at radius 3 is 1.93 bits per heavy atom. The summed E-state index contributed by atoms with van der Waals surface area (Å²) in [5.74, 6) is -0.163. The molecule has 0 fully saturated rings. The summed E-state index contributed by atoms with van der Waals surface area (Å²) >= 11 is 0. The van der Waals surface area contributed by atoms with Gasteiger partial charge in [-0.1, -0.05) is 54.1 Å². The lowest BCUT2D eigenvalue weighted by Gasteiger charge is -2.13. The van der Waals surface area contributed by atoms with Crippen LogP contribution in [0, 0.1) is 20.8 Å². The molecule has 0 saturated carbocycles. The summed E-state index contributed by atoms with van der Waals surface area (Å²) in [7, 11) is 0. The Balaban J connectivity index is 1.78. The highest BCUT2D eigenvalue weighted by molar-refractivity contribution is 5.93. The van der Waals surface area contributed by atoms with Crippen molar-refractivity contribution in [3.8, 4) is 33.8 Å². The Morgan fingerprint density at radius 1 is 0.593 bits per heavy atom. The van der Waals surface area contributed by atoms with Crippen molar-refractivity contribution < 1.29 is 10.2 Å². The van der Waals surface area contributed by atoms with Crippen LogP contribution < -0.4 is 0 Å². The van der Waals surface area contributed by atoms with E-state index >= 15 is 0 Å². The van der Waals surface area contributed by atoms with Crippen LogP contribution >= 0.6 is 0 Å². The third-order valence-corrected chi connectivity index (χ3v) is 5.20. The lowest BCUT2D eigenvalue weighted by atomic mass is 9.92. The molecule has 0 amide bonds.